The fraction of sp³-hybridized carbons (Fsp3) is 0.294. The molecule has 1 aliphatic heterocycles. The van der Waals surface area contributed by atoms with Gasteiger partial charge >= 0.3 is 0 Å². The molecule has 0 aromatic heterocycles. The molecule has 2 aromatic carbocycles. The van der Waals surface area contributed by atoms with Crippen LogP contribution in [0.5, 0.6) is 5.75 Å². The van der Waals surface area contributed by atoms with Crippen LogP contribution in [-0.2, 0) is 10.0 Å². The van der Waals surface area contributed by atoms with Gasteiger partial charge in [0.25, 0.3) is 0 Å². The summed E-state index contributed by atoms with van der Waals surface area (Å²) in [5.41, 5.74) is 0.852. The zero-order valence-corrected chi connectivity index (χ0v) is 14.8. The van der Waals surface area contributed by atoms with Gasteiger partial charge in [-0.05, 0) is 30.3 Å². The van der Waals surface area contributed by atoms with Gasteiger partial charge < -0.3 is 10.1 Å². The molecule has 1 saturated heterocycles. The molecular weight excluding hydrogens is 348 g/mol. The van der Waals surface area contributed by atoms with Crippen LogP contribution in [0.2, 0.25) is 5.02 Å². The first kappa shape index (κ1) is 17.2. The Bertz CT molecular complexity index is 809. The van der Waals surface area contributed by atoms with Gasteiger partial charge in [-0.2, -0.15) is 4.31 Å². The van der Waals surface area contributed by atoms with Crippen LogP contribution in [0.4, 0.5) is 0 Å². The Hall–Kier alpha value is -1.60. The van der Waals surface area contributed by atoms with Crippen LogP contribution in [-0.4, -0.2) is 39.5 Å². The van der Waals surface area contributed by atoms with E-state index < -0.39 is 10.0 Å². The van der Waals surface area contributed by atoms with Gasteiger partial charge in [-0.25, -0.2) is 8.42 Å². The van der Waals surface area contributed by atoms with E-state index in [1.54, 1.807) is 31.4 Å². The number of methoxy groups -OCH3 is 1. The molecule has 0 bridgehead atoms. The van der Waals surface area contributed by atoms with Crippen molar-refractivity contribution < 1.29 is 13.2 Å². The summed E-state index contributed by atoms with van der Waals surface area (Å²) in [4.78, 5) is 0.244. The average molecular weight is 367 g/mol. The van der Waals surface area contributed by atoms with Crippen molar-refractivity contribution in [1.29, 1.82) is 0 Å². The molecule has 0 aliphatic carbocycles. The summed E-state index contributed by atoms with van der Waals surface area (Å²) in [5.74, 6) is 0.683. The molecule has 5 nitrogen and oxygen atoms in total. The zero-order chi connectivity index (χ0) is 17.2. The number of nitrogens with one attached hydrogen (secondary N) is 1. The summed E-state index contributed by atoms with van der Waals surface area (Å²) in [6, 6.07) is 13.4. The van der Waals surface area contributed by atoms with Crippen molar-refractivity contribution >= 4 is 21.6 Å². The minimum atomic E-state index is -3.62. The van der Waals surface area contributed by atoms with Gasteiger partial charge in [0, 0.05) is 30.2 Å². The second kappa shape index (κ2) is 7.11. The molecule has 1 fully saturated rings. The van der Waals surface area contributed by atoms with Crippen LogP contribution in [0.25, 0.3) is 0 Å². The van der Waals surface area contributed by atoms with Crippen molar-refractivity contribution in [3.05, 3.63) is 59.1 Å². The quantitative estimate of drug-likeness (QED) is 0.903. The number of halogens is 1. The summed E-state index contributed by atoms with van der Waals surface area (Å²) < 4.78 is 33.1. The highest BCUT2D eigenvalue weighted by molar-refractivity contribution is 7.89. The first-order valence-electron chi connectivity index (χ1n) is 7.65. The summed E-state index contributed by atoms with van der Waals surface area (Å²) in [6.07, 6.45) is 0. The van der Waals surface area contributed by atoms with E-state index in [1.165, 1.54) is 4.31 Å². The Morgan fingerprint density at radius 3 is 2.58 bits per heavy atom. The largest absolute Gasteiger partial charge is 0.496 e. The van der Waals surface area contributed by atoms with E-state index in [2.05, 4.69) is 5.32 Å². The minimum absolute atomic E-state index is 0.244. The topological polar surface area (TPSA) is 58.6 Å². The van der Waals surface area contributed by atoms with E-state index >= 15 is 0 Å². The SMILES string of the molecule is COc1ccccc1C1CNCCN1S(=O)(=O)c1ccc(Cl)cc1. The lowest BCUT2D eigenvalue weighted by molar-refractivity contribution is 0.264. The number of rotatable bonds is 4. The van der Waals surface area contributed by atoms with Crippen molar-refractivity contribution in [2.75, 3.05) is 26.7 Å². The Balaban J connectivity index is 2.02. The number of sulfonamides is 1. The number of hydrogen-bond acceptors (Lipinski definition) is 4. The zero-order valence-electron chi connectivity index (χ0n) is 13.3. The number of piperazine rings is 1. The summed E-state index contributed by atoms with van der Waals surface area (Å²) in [6.45, 7) is 1.54. The van der Waals surface area contributed by atoms with Crippen LogP contribution < -0.4 is 10.1 Å². The first-order valence-corrected chi connectivity index (χ1v) is 9.47. The molecule has 7 heteroatoms. The third kappa shape index (κ3) is 3.28. The van der Waals surface area contributed by atoms with Crippen LogP contribution in [0, 0.1) is 0 Å². The molecule has 1 unspecified atom stereocenters. The van der Waals surface area contributed by atoms with Gasteiger partial charge in [-0.15, -0.1) is 0 Å². The van der Waals surface area contributed by atoms with Crippen LogP contribution in [0.3, 0.4) is 0 Å². The van der Waals surface area contributed by atoms with Gasteiger partial charge in [-0.1, -0.05) is 29.8 Å². The maximum Gasteiger partial charge on any atom is 0.243 e. The van der Waals surface area contributed by atoms with E-state index in [-0.39, 0.29) is 10.9 Å². The van der Waals surface area contributed by atoms with Gasteiger partial charge in [0.1, 0.15) is 5.75 Å². The summed E-state index contributed by atoms with van der Waals surface area (Å²) in [5, 5.41) is 3.77. The first-order chi connectivity index (χ1) is 11.5. The van der Waals surface area contributed by atoms with Gasteiger partial charge in [0.2, 0.25) is 10.0 Å². The van der Waals surface area contributed by atoms with E-state index in [1.807, 2.05) is 24.3 Å². The lowest BCUT2D eigenvalue weighted by Gasteiger charge is -2.36. The molecule has 0 amide bonds. The maximum atomic E-state index is 13.1. The average Bonchev–Trinajstić information content (AvgIpc) is 2.62. The maximum absolute atomic E-state index is 13.1. The molecule has 1 heterocycles. The third-order valence-electron chi connectivity index (χ3n) is 4.11. The van der Waals surface area contributed by atoms with Gasteiger partial charge in [0.05, 0.1) is 18.0 Å². The highest BCUT2D eigenvalue weighted by atomic mass is 35.5. The van der Waals surface area contributed by atoms with Crippen molar-refractivity contribution in [2.24, 2.45) is 0 Å². The number of nitrogens with zero attached hydrogens (tertiary/aromatic N) is 1. The molecule has 0 saturated carbocycles. The predicted octanol–water partition coefficient (Wildman–Crippen LogP) is 2.68. The van der Waals surface area contributed by atoms with Crippen LogP contribution in [0.15, 0.2) is 53.4 Å². The smallest absolute Gasteiger partial charge is 0.243 e. The van der Waals surface area contributed by atoms with Crippen LogP contribution >= 0.6 is 11.6 Å². The van der Waals surface area contributed by atoms with Crippen molar-refractivity contribution in [1.82, 2.24) is 9.62 Å². The molecule has 3 rings (SSSR count). The second-order valence-electron chi connectivity index (χ2n) is 5.53. The van der Waals surface area contributed by atoms with Crippen molar-refractivity contribution in [2.45, 2.75) is 10.9 Å². The van der Waals surface area contributed by atoms with Gasteiger partial charge in [0.15, 0.2) is 0 Å². The van der Waals surface area contributed by atoms with E-state index in [0.29, 0.717) is 30.4 Å². The number of ether oxygens (including phenoxy) is 1. The van der Waals surface area contributed by atoms with Crippen LogP contribution in [0.1, 0.15) is 11.6 Å². The Morgan fingerprint density at radius 2 is 1.88 bits per heavy atom. The molecule has 128 valence electrons. The van der Waals surface area contributed by atoms with Gasteiger partial charge in [-0.3, -0.25) is 0 Å². The molecule has 1 aliphatic rings. The number of hydrogen-bond donors (Lipinski definition) is 1. The molecule has 1 atom stereocenters. The highest BCUT2D eigenvalue weighted by Gasteiger charge is 2.35. The predicted molar refractivity (Wildman–Crippen MR) is 93.9 cm³/mol. The fourth-order valence-electron chi connectivity index (χ4n) is 2.92. The van der Waals surface area contributed by atoms with Crippen molar-refractivity contribution in [3.63, 3.8) is 0 Å². The Labute approximate surface area is 147 Å². The highest BCUT2D eigenvalue weighted by Crippen LogP contribution is 2.34. The standard InChI is InChI=1S/C17H19ClN2O3S/c1-23-17-5-3-2-4-15(17)16-12-19-10-11-20(16)24(21,22)14-8-6-13(18)7-9-14/h2-9,16,19H,10-12H2,1H3. The fourth-order valence-corrected chi connectivity index (χ4v) is 4.65. The van der Waals surface area contributed by atoms with E-state index in [9.17, 15) is 8.42 Å². The third-order valence-corrected chi connectivity index (χ3v) is 6.29. The Morgan fingerprint density at radius 1 is 1.17 bits per heavy atom. The molecule has 24 heavy (non-hydrogen) atoms. The lowest BCUT2D eigenvalue weighted by Crippen LogP contribution is -2.48. The molecular formula is C17H19ClN2O3S. The Kier molecular flexibility index (Phi) is 5.10. The van der Waals surface area contributed by atoms with E-state index in [4.69, 9.17) is 16.3 Å². The monoisotopic (exact) mass is 366 g/mol. The minimum Gasteiger partial charge on any atom is -0.496 e. The summed E-state index contributed by atoms with van der Waals surface area (Å²) in [7, 11) is -2.03. The molecule has 0 spiro atoms. The molecule has 2 aromatic rings. The number of para-hydroxylation sites is 1. The summed E-state index contributed by atoms with van der Waals surface area (Å²) >= 11 is 5.88. The second-order valence-corrected chi connectivity index (χ2v) is 7.86. The number of benzene rings is 2. The van der Waals surface area contributed by atoms with E-state index in [0.717, 1.165) is 5.56 Å². The molecule has 0 radical (unpaired) electrons. The normalized spacial score (nSPS) is 19.2. The van der Waals surface area contributed by atoms with Crippen molar-refractivity contribution in [3.8, 4) is 5.75 Å². The molecule has 1 N–H and O–H groups in total. The lowest BCUT2D eigenvalue weighted by atomic mass is 10.0.